The van der Waals surface area contributed by atoms with Gasteiger partial charge in [-0.3, -0.25) is 4.90 Å². The maximum Gasteiger partial charge on any atom is 0.0674 e. The van der Waals surface area contributed by atoms with Crippen LogP contribution in [0.25, 0.3) is 0 Å². The summed E-state index contributed by atoms with van der Waals surface area (Å²) in [6.07, 6.45) is 12.4. The van der Waals surface area contributed by atoms with Gasteiger partial charge < -0.3 is 10.5 Å². The molecule has 20 heavy (non-hydrogen) atoms. The van der Waals surface area contributed by atoms with Crippen LogP contribution in [0.2, 0.25) is 0 Å². The van der Waals surface area contributed by atoms with E-state index in [1.165, 1.54) is 51.4 Å². The van der Waals surface area contributed by atoms with E-state index < -0.39 is 0 Å². The van der Waals surface area contributed by atoms with Crippen LogP contribution < -0.4 is 5.73 Å². The fraction of sp³-hybridized carbons (Fsp3) is 1.00. The SMILES string of the molecule is CCCCCCCCCC(CN)N1CCCOC(C)C1. The molecule has 1 rings (SSSR count). The van der Waals surface area contributed by atoms with Gasteiger partial charge in [0, 0.05) is 32.3 Å². The first-order valence-electron chi connectivity index (χ1n) is 8.83. The van der Waals surface area contributed by atoms with Crippen LogP contribution in [0, 0.1) is 0 Å². The lowest BCUT2D eigenvalue weighted by atomic mass is 10.0. The Morgan fingerprint density at radius 1 is 1.15 bits per heavy atom. The molecule has 0 radical (unpaired) electrons. The number of rotatable bonds is 10. The van der Waals surface area contributed by atoms with Gasteiger partial charge in [0.1, 0.15) is 0 Å². The first kappa shape index (κ1) is 17.9. The highest BCUT2D eigenvalue weighted by molar-refractivity contribution is 4.76. The molecule has 1 aliphatic rings. The molecule has 0 aromatic rings. The van der Waals surface area contributed by atoms with Crippen molar-refractivity contribution in [3.63, 3.8) is 0 Å². The Labute approximate surface area is 126 Å². The van der Waals surface area contributed by atoms with Crippen molar-refractivity contribution in [3.05, 3.63) is 0 Å². The minimum atomic E-state index is 0.362. The Bertz CT molecular complexity index is 223. The predicted octanol–water partition coefficient (Wildman–Crippen LogP) is 3.57. The number of unbranched alkanes of at least 4 members (excludes halogenated alkanes) is 6. The molecule has 3 heteroatoms. The zero-order valence-corrected chi connectivity index (χ0v) is 13.8. The Balaban J connectivity index is 2.14. The van der Waals surface area contributed by atoms with Gasteiger partial charge in [0.25, 0.3) is 0 Å². The molecule has 0 amide bonds. The monoisotopic (exact) mass is 284 g/mol. The van der Waals surface area contributed by atoms with E-state index in [0.717, 1.165) is 32.7 Å². The van der Waals surface area contributed by atoms with Crippen molar-refractivity contribution in [3.8, 4) is 0 Å². The van der Waals surface area contributed by atoms with Gasteiger partial charge >= 0.3 is 0 Å². The fourth-order valence-electron chi connectivity index (χ4n) is 3.14. The first-order chi connectivity index (χ1) is 9.77. The number of hydrogen-bond acceptors (Lipinski definition) is 3. The number of nitrogens with zero attached hydrogens (tertiary/aromatic N) is 1. The zero-order valence-electron chi connectivity index (χ0n) is 13.8. The van der Waals surface area contributed by atoms with Gasteiger partial charge in [-0.05, 0) is 19.8 Å². The molecule has 0 aromatic heterocycles. The molecule has 1 aliphatic heterocycles. The summed E-state index contributed by atoms with van der Waals surface area (Å²) in [7, 11) is 0. The van der Waals surface area contributed by atoms with Crippen molar-refractivity contribution in [1.82, 2.24) is 4.90 Å². The second-order valence-corrected chi connectivity index (χ2v) is 6.33. The Kier molecular flexibility index (Phi) is 10.3. The highest BCUT2D eigenvalue weighted by Gasteiger charge is 2.21. The van der Waals surface area contributed by atoms with Crippen molar-refractivity contribution in [2.45, 2.75) is 83.8 Å². The van der Waals surface area contributed by atoms with Crippen LogP contribution >= 0.6 is 0 Å². The lowest BCUT2D eigenvalue weighted by Gasteiger charge is -2.30. The Morgan fingerprint density at radius 3 is 2.55 bits per heavy atom. The van der Waals surface area contributed by atoms with Gasteiger partial charge in [-0.25, -0.2) is 0 Å². The summed E-state index contributed by atoms with van der Waals surface area (Å²) in [5, 5.41) is 0. The topological polar surface area (TPSA) is 38.5 Å². The van der Waals surface area contributed by atoms with Crippen molar-refractivity contribution in [2.24, 2.45) is 5.73 Å². The maximum absolute atomic E-state index is 6.00. The van der Waals surface area contributed by atoms with E-state index >= 15 is 0 Å². The molecule has 0 aromatic carbocycles. The number of ether oxygens (including phenoxy) is 1. The molecule has 2 atom stereocenters. The summed E-state index contributed by atoms with van der Waals surface area (Å²) >= 11 is 0. The van der Waals surface area contributed by atoms with E-state index in [9.17, 15) is 0 Å². The van der Waals surface area contributed by atoms with Crippen molar-refractivity contribution in [2.75, 3.05) is 26.2 Å². The largest absolute Gasteiger partial charge is 0.377 e. The minimum absolute atomic E-state index is 0.362. The van der Waals surface area contributed by atoms with Crippen LogP contribution in [-0.4, -0.2) is 43.3 Å². The van der Waals surface area contributed by atoms with Crippen LogP contribution in [0.1, 0.15) is 71.6 Å². The van der Waals surface area contributed by atoms with E-state index in [4.69, 9.17) is 10.5 Å². The summed E-state index contributed by atoms with van der Waals surface area (Å²) < 4.78 is 5.73. The summed E-state index contributed by atoms with van der Waals surface area (Å²) in [5.74, 6) is 0. The smallest absolute Gasteiger partial charge is 0.0674 e. The lowest BCUT2D eigenvalue weighted by Crippen LogP contribution is -2.43. The fourth-order valence-corrected chi connectivity index (χ4v) is 3.14. The second-order valence-electron chi connectivity index (χ2n) is 6.33. The highest BCUT2D eigenvalue weighted by Crippen LogP contribution is 2.15. The molecule has 3 nitrogen and oxygen atoms in total. The molecule has 1 saturated heterocycles. The third-order valence-electron chi connectivity index (χ3n) is 4.41. The van der Waals surface area contributed by atoms with Crippen LogP contribution in [-0.2, 0) is 4.74 Å². The molecule has 0 saturated carbocycles. The van der Waals surface area contributed by atoms with E-state index in [0.29, 0.717) is 12.1 Å². The lowest BCUT2D eigenvalue weighted by molar-refractivity contribution is 0.0602. The third-order valence-corrected chi connectivity index (χ3v) is 4.41. The Hall–Kier alpha value is -0.120. The van der Waals surface area contributed by atoms with Gasteiger partial charge in [-0.15, -0.1) is 0 Å². The first-order valence-corrected chi connectivity index (χ1v) is 8.83. The molecule has 120 valence electrons. The van der Waals surface area contributed by atoms with Crippen molar-refractivity contribution < 1.29 is 4.74 Å². The summed E-state index contributed by atoms with van der Waals surface area (Å²) in [6.45, 7) is 8.37. The van der Waals surface area contributed by atoms with Crippen LogP contribution in [0.15, 0.2) is 0 Å². The number of nitrogens with two attached hydrogens (primary N) is 1. The average Bonchev–Trinajstić information content (AvgIpc) is 2.66. The van der Waals surface area contributed by atoms with Crippen molar-refractivity contribution in [1.29, 1.82) is 0 Å². The molecular weight excluding hydrogens is 248 g/mol. The van der Waals surface area contributed by atoms with Gasteiger partial charge in [0.05, 0.1) is 6.10 Å². The number of hydrogen-bond donors (Lipinski definition) is 1. The predicted molar refractivity (Wildman–Crippen MR) is 87.1 cm³/mol. The van der Waals surface area contributed by atoms with Gasteiger partial charge in [-0.1, -0.05) is 51.9 Å². The standard InChI is InChI=1S/C17H36N2O/c1-3-4-5-6-7-8-9-11-17(14-18)19-12-10-13-20-16(2)15-19/h16-17H,3-15,18H2,1-2H3. The normalized spacial score (nSPS) is 22.6. The summed E-state index contributed by atoms with van der Waals surface area (Å²) in [6, 6.07) is 0.565. The third kappa shape index (κ3) is 7.61. The van der Waals surface area contributed by atoms with Gasteiger partial charge in [-0.2, -0.15) is 0 Å². The van der Waals surface area contributed by atoms with Gasteiger partial charge in [0.15, 0.2) is 0 Å². The molecule has 1 fully saturated rings. The quantitative estimate of drug-likeness (QED) is 0.623. The van der Waals surface area contributed by atoms with E-state index in [1.54, 1.807) is 0 Å². The highest BCUT2D eigenvalue weighted by atomic mass is 16.5. The summed E-state index contributed by atoms with van der Waals surface area (Å²) in [4.78, 5) is 2.56. The molecule has 0 spiro atoms. The molecule has 1 heterocycles. The van der Waals surface area contributed by atoms with Crippen LogP contribution in [0.4, 0.5) is 0 Å². The maximum atomic E-state index is 6.00. The van der Waals surface area contributed by atoms with E-state index in [2.05, 4.69) is 18.7 Å². The van der Waals surface area contributed by atoms with E-state index in [1.807, 2.05) is 0 Å². The minimum Gasteiger partial charge on any atom is -0.377 e. The zero-order chi connectivity index (χ0) is 14.6. The average molecular weight is 284 g/mol. The van der Waals surface area contributed by atoms with Crippen molar-refractivity contribution >= 4 is 0 Å². The molecule has 0 bridgehead atoms. The van der Waals surface area contributed by atoms with Crippen LogP contribution in [0.5, 0.6) is 0 Å². The summed E-state index contributed by atoms with van der Waals surface area (Å²) in [5.41, 5.74) is 6.00. The molecule has 2 unspecified atom stereocenters. The molecule has 0 aliphatic carbocycles. The molecule has 2 N–H and O–H groups in total. The molecular formula is C17H36N2O. The second kappa shape index (κ2) is 11.5. The van der Waals surface area contributed by atoms with Gasteiger partial charge in [0.2, 0.25) is 0 Å². The Morgan fingerprint density at radius 2 is 1.85 bits per heavy atom. The van der Waals surface area contributed by atoms with E-state index in [-0.39, 0.29) is 0 Å². The van der Waals surface area contributed by atoms with Crippen LogP contribution in [0.3, 0.4) is 0 Å².